The van der Waals surface area contributed by atoms with E-state index in [4.69, 9.17) is 5.73 Å². The first-order valence-corrected chi connectivity index (χ1v) is 8.76. The number of carbonyl (C=O) groups excluding carboxylic acids is 1. The fourth-order valence-corrected chi connectivity index (χ4v) is 3.65. The second-order valence-electron chi connectivity index (χ2n) is 7.43. The van der Waals surface area contributed by atoms with Crippen molar-refractivity contribution in [1.29, 1.82) is 0 Å². The van der Waals surface area contributed by atoms with E-state index in [1.165, 1.54) is 32.1 Å². The predicted octanol–water partition coefficient (Wildman–Crippen LogP) is 2.23. The van der Waals surface area contributed by atoms with E-state index in [1.54, 1.807) is 0 Å². The monoisotopic (exact) mass is 295 g/mol. The van der Waals surface area contributed by atoms with Gasteiger partial charge in [0.25, 0.3) is 0 Å². The number of rotatable bonds is 5. The van der Waals surface area contributed by atoms with Gasteiger partial charge < -0.3 is 10.6 Å². The Hall–Kier alpha value is -0.610. The molecule has 1 amide bonds. The molecule has 2 rings (SSSR count). The first-order valence-electron chi connectivity index (χ1n) is 8.76. The fourth-order valence-electron chi connectivity index (χ4n) is 3.65. The van der Waals surface area contributed by atoms with Gasteiger partial charge >= 0.3 is 0 Å². The van der Waals surface area contributed by atoms with Gasteiger partial charge in [-0.25, -0.2) is 0 Å². The van der Waals surface area contributed by atoms with Crippen molar-refractivity contribution in [2.24, 2.45) is 11.7 Å². The van der Waals surface area contributed by atoms with Crippen molar-refractivity contribution >= 4 is 5.91 Å². The Kier molecular flexibility index (Phi) is 6.06. The molecule has 2 fully saturated rings. The smallest absolute Gasteiger partial charge is 0.222 e. The molecule has 4 nitrogen and oxygen atoms in total. The van der Waals surface area contributed by atoms with Crippen LogP contribution in [0.2, 0.25) is 0 Å². The Morgan fingerprint density at radius 3 is 2.29 bits per heavy atom. The summed E-state index contributed by atoms with van der Waals surface area (Å²) in [6, 6.07) is 0. The average molecular weight is 295 g/mol. The average Bonchev–Trinajstić information content (AvgIpc) is 2.53. The van der Waals surface area contributed by atoms with Crippen molar-refractivity contribution in [1.82, 2.24) is 9.80 Å². The lowest BCUT2D eigenvalue weighted by atomic mass is 9.86. The summed E-state index contributed by atoms with van der Waals surface area (Å²) in [5.74, 6) is 1.17. The summed E-state index contributed by atoms with van der Waals surface area (Å²) < 4.78 is 0. The molecule has 0 bridgehead atoms. The molecule has 0 radical (unpaired) electrons. The Labute approximate surface area is 130 Å². The quantitative estimate of drug-likeness (QED) is 0.846. The molecule has 0 spiro atoms. The van der Waals surface area contributed by atoms with Crippen LogP contribution < -0.4 is 5.73 Å². The summed E-state index contributed by atoms with van der Waals surface area (Å²) in [6.45, 7) is 8.70. The minimum Gasteiger partial charge on any atom is -0.340 e. The van der Waals surface area contributed by atoms with Crippen LogP contribution in [0.4, 0.5) is 0 Å². The largest absolute Gasteiger partial charge is 0.340 e. The van der Waals surface area contributed by atoms with E-state index in [9.17, 15) is 4.79 Å². The lowest BCUT2D eigenvalue weighted by Crippen LogP contribution is -2.58. The van der Waals surface area contributed by atoms with Gasteiger partial charge in [-0.2, -0.15) is 0 Å². The molecule has 1 aliphatic heterocycles. The van der Waals surface area contributed by atoms with Crippen LogP contribution in [0.25, 0.3) is 0 Å². The standard InChI is InChI=1S/C17H33N3O/c1-17(2,14-18)20-12-10-19(11-13-20)16(21)9-8-15-6-4-3-5-7-15/h15H,3-14,18H2,1-2H3. The molecule has 1 saturated heterocycles. The highest BCUT2D eigenvalue weighted by Gasteiger charge is 2.30. The van der Waals surface area contributed by atoms with Crippen molar-refractivity contribution < 1.29 is 4.79 Å². The van der Waals surface area contributed by atoms with Gasteiger partial charge in [0, 0.05) is 44.7 Å². The third-order valence-electron chi connectivity index (χ3n) is 5.48. The molecule has 0 atom stereocenters. The highest BCUT2D eigenvalue weighted by atomic mass is 16.2. The number of carbonyl (C=O) groups is 1. The number of nitrogens with zero attached hydrogens (tertiary/aromatic N) is 2. The molecule has 1 heterocycles. The molecule has 21 heavy (non-hydrogen) atoms. The number of nitrogens with two attached hydrogens (primary N) is 1. The molecule has 122 valence electrons. The Morgan fingerprint density at radius 2 is 1.71 bits per heavy atom. The Bertz CT molecular complexity index is 329. The van der Waals surface area contributed by atoms with Crippen molar-refractivity contribution in [2.75, 3.05) is 32.7 Å². The van der Waals surface area contributed by atoms with Gasteiger partial charge in [-0.15, -0.1) is 0 Å². The van der Waals surface area contributed by atoms with E-state index in [0.717, 1.165) is 44.9 Å². The van der Waals surface area contributed by atoms with Crippen LogP contribution >= 0.6 is 0 Å². The topological polar surface area (TPSA) is 49.6 Å². The summed E-state index contributed by atoms with van der Waals surface area (Å²) in [5.41, 5.74) is 5.89. The zero-order valence-corrected chi connectivity index (χ0v) is 13.9. The van der Waals surface area contributed by atoms with E-state index >= 15 is 0 Å². The minimum absolute atomic E-state index is 0.0528. The SMILES string of the molecule is CC(C)(CN)N1CCN(C(=O)CCC2CCCCC2)CC1. The minimum atomic E-state index is 0.0528. The third-order valence-corrected chi connectivity index (χ3v) is 5.48. The van der Waals surface area contributed by atoms with E-state index in [0.29, 0.717) is 12.5 Å². The van der Waals surface area contributed by atoms with E-state index in [2.05, 4.69) is 23.6 Å². The predicted molar refractivity (Wildman–Crippen MR) is 87.1 cm³/mol. The first kappa shape index (κ1) is 16.8. The molecule has 1 aliphatic carbocycles. The van der Waals surface area contributed by atoms with E-state index in [-0.39, 0.29) is 5.54 Å². The molecule has 0 aromatic rings. The number of amides is 1. The van der Waals surface area contributed by atoms with Gasteiger partial charge in [-0.05, 0) is 26.2 Å². The third kappa shape index (κ3) is 4.68. The summed E-state index contributed by atoms with van der Waals surface area (Å²) in [4.78, 5) is 16.8. The van der Waals surface area contributed by atoms with Crippen LogP contribution in [0.15, 0.2) is 0 Å². The summed E-state index contributed by atoms with van der Waals surface area (Å²) in [5, 5.41) is 0. The lowest BCUT2D eigenvalue weighted by molar-refractivity contribution is -0.134. The highest BCUT2D eigenvalue weighted by Crippen LogP contribution is 2.27. The van der Waals surface area contributed by atoms with Crippen molar-refractivity contribution in [2.45, 2.75) is 64.3 Å². The normalized spacial score (nSPS) is 22.5. The second kappa shape index (κ2) is 7.59. The van der Waals surface area contributed by atoms with Crippen LogP contribution in [-0.4, -0.2) is 54.0 Å². The van der Waals surface area contributed by atoms with Gasteiger partial charge in [-0.3, -0.25) is 9.69 Å². The Morgan fingerprint density at radius 1 is 1.10 bits per heavy atom. The van der Waals surface area contributed by atoms with Crippen LogP contribution in [0.5, 0.6) is 0 Å². The van der Waals surface area contributed by atoms with Gasteiger partial charge in [0.05, 0.1) is 0 Å². The number of hydrogen-bond acceptors (Lipinski definition) is 3. The zero-order chi connectivity index (χ0) is 15.3. The first-order chi connectivity index (χ1) is 10.0. The zero-order valence-electron chi connectivity index (χ0n) is 13.9. The maximum absolute atomic E-state index is 12.3. The molecule has 0 unspecified atom stereocenters. The van der Waals surface area contributed by atoms with E-state index in [1.807, 2.05) is 0 Å². The molecule has 4 heteroatoms. The van der Waals surface area contributed by atoms with Crippen molar-refractivity contribution in [3.05, 3.63) is 0 Å². The summed E-state index contributed by atoms with van der Waals surface area (Å²) in [6.07, 6.45) is 8.66. The fraction of sp³-hybridized carbons (Fsp3) is 0.941. The van der Waals surface area contributed by atoms with Crippen molar-refractivity contribution in [3.8, 4) is 0 Å². The second-order valence-corrected chi connectivity index (χ2v) is 7.43. The maximum Gasteiger partial charge on any atom is 0.222 e. The highest BCUT2D eigenvalue weighted by molar-refractivity contribution is 5.76. The Balaban J connectivity index is 1.70. The van der Waals surface area contributed by atoms with Gasteiger partial charge in [0.15, 0.2) is 0 Å². The molecule has 0 aromatic carbocycles. The molecule has 2 N–H and O–H groups in total. The van der Waals surface area contributed by atoms with E-state index < -0.39 is 0 Å². The van der Waals surface area contributed by atoms with Crippen LogP contribution in [0, 0.1) is 5.92 Å². The molecular formula is C17H33N3O. The number of piperazine rings is 1. The lowest BCUT2D eigenvalue weighted by Gasteiger charge is -2.43. The molecule has 0 aromatic heterocycles. The van der Waals surface area contributed by atoms with Crippen LogP contribution in [0.1, 0.15) is 58.8 Å². The van der Waals surface area contributed by atoms with Crippen molar-refractivity contribution in [3.63, 3.8) is 0 Å². The number of hydrogen-bond donors (Lipinski definition) is 1. The maximum atomic E-state index is 12.3. The molecule has 2 aliphatic rings. The van der Waals surface area contributed by atoms with Gasteiger partial charge in [0.2, 0.25) is 5.91 Å². The summed E-state index contributed by atoms with van der Waals surface area (Å²) in [7, 11) is 0. The van der Waals surface area contributed by atoms with Crippen LogP contribution in [0.3, 0.4) is 0 Å². The molecular weight excluding hydrogens is 262 g/mol. The molecule has 1 saturated carbocycles. The van der Waals surface area contributed by atoms with Gasteiger partial charge in [0.1, 0.15) is 0 Å². The van der Waals surface area contributed by atoms with Gasteiger partial charge in [-0.1, -0.05) is 32.1 Å². The van der Waals surface area contributed by atoms with Crippen LogP contribution in [-0.2, 0) is 4.79 Å². The summed E-state index contributed by atoms with van der Waals surface area (Å²) >= 11 is 0.